The molecule has 4 rings (SSSR count). The molecule has 4 N–H and O–H groups in total. The van der Waals surface area contributed by atoms with Gasteiger partial charge >= 0.3 is 0 Å². The van der Waals surface area contributed by atoms with E-state index in [9.17, 15) is 0 Å². The molecule has 3 heteroatoms. The van der Waals surface area contributed by atoms with Gasteiger partial charge in [0.25, 0.3) is 0 Å². The molecule has 34 heavy (non-hydrogen) atoms. The molecule has 0 aliphatic carbocycles. The minimum absolute atomic E-state index is 0.0333. The Bertz CT molecular complexity index is 1180. The molecule has 0 amide bonds. The van der Waals surface area contributed by atoms with E-state index in [0.29, 0.717) is 0 Å². The van der Waals surface area contributed by atoms with Gasteiger partial charge in [-0.3, -0.25) is 0 Å². The molecule has 0 saturated carbocycles. The highest BCUT2D eigenvalue weighted by Crippen LogP contribution is 2.45. The molecular formula is C31H33ClN2. The van der Waals surface area contributed by atoms with Crippen LogP contribution < -0.4 is 11.5 Å². The highest BCUT2D eigenvalue weighted by atomic mass is 35.5. The van der Waals surface area contributed by atoms with Crippen LogP contribution in [0.5, 0.6) is 0 Å². The Kier molecular flexibility index (Phi) is 8.18. The Morgan fingerprint density at radius 1 is 0.618 bits per heavy atom. The van der Waals surface area contributed by atoms with E-state index in [-0.39, 0.29) is 23.9 Å². The Morgan fingerprint density at radius 2 is 1.21 bits per heavy atom. The normalized spacial score (nSPS) is 14.8. The molecule has 0 bridgehead atoms. The zero-order chi connectivity index (χ0) is 23.9. The summed E-state index contributed by atoms with van der Waals surface area (Å²) >= 11 is 6.46. The molecule has 0 heterocycles. The predicted molar refractivity (Wildman–Crippen MR) is 144 cm³/mol. The van der Waals surface area contributed by atoms with Gasteiger partial charge < -0.3 is 11.5 Å². The van der Waals surface area contributed by atoms with E-state index in [4.69, 9.17) is 23.1 Å². The van der Waals surface area contributed by atoms with Crippen LogP contribution in [-0.2, 0) is 0 Å². The minimum Gasteiger partial charge on any atom is -0.324 e. The van der Waals surface area contributed by atoms with E-state index in [1.54, 1.807) is 0 Å². The fourth-order valence-corrected chi connectivity index (χ4v) is 5.17. The second-order valence-corrected chi connectivity index (χ2v) is 9.57. The molecule has 4 aromatic carbocycles. The van der Waals surface area contributed by atoms with Crippen molar-refractivity contribution in [1.82, 2.24) is 0 Å². The summed E-state index contributed by atoms with van der Waals surface area (Å²) in [6.45, 7) is 2.13. The van der Waals surface area contributed by atoms with Gasteiger partial charge in [-0.2, -0.15) is 0 Å². The van der Waals surface area contributed by atoms with Crippen molar-refractivity contribution in [3.05, 3.63) is 142 Å². The molecule has 4 unspecified atom stereocenters. The maximum absolute atomic E-state index is 7.05. The third kappa shape index (κ3) is 5.95. The van der Waals surface area contributed by atoms with Crippen molar-refractivity contribution in [2.24, 2.45) is 11.5 Å². The van der Waals surface area contributed by atoms with Gasteiger partial charge in [0.15, 0.2) is 0 Å². The van der Waals surface area contributed by atoms with Crippen molar-refractivity contribution in [1.29, 1.82) is 0 Å². The number of halogens is 1. The molecule has 4 atom stereocenters. The lowest BCUT2D eigenvalue weighted by Gasteiger charge is -2.34. The van der Waals surface area contributed by atoms with Gasteiger partial charge in [-0.05, 0) is 60.1 Å². The van der Waals surface area contributed by atoms with Gasteiger partial charge in [-0.15, -0.1) is 0 Å². The summed E-state index contributed by atoms with van der Waals surface area (Å²) < 4.78 is 0. The fraction of sp³-hybridized carbons (Fsp3) is 0.226. The topological polar surface area (TPSA) is 52.0 Å². The average Bonchev–Trinajstić information content (AvgIpc) is 2.87. The van der Waals surface area contributed by atoms with Crippen molar-refractivity contribution in [3.63, 3.8) is 0 Å². The SMILES string of the molecule is Cc1cccc(C(C(N)c2ccccc2)C(CCC(N)c2ccccc2)c2cccc(Cl)c2)c1. The van der Waals surface area contributed by atoms with Gasteiger partial charge in [0.2, 0.25) is 0 Å². The van der Waals surface area contributed by atoms with Crippen molar-refractivity contribution >= 4 is 11.6 Å². The smallest absolute Gasteiger partial charge is 0.0408 e. The van der Waals surface area contributed by atoms with Crippen LogP contribution in [0.3, 0.4) is 0 Å². The lowest BCUT2D eigenvalue weighted by molar-refractivity contribution is 0.414. The van der Waals surface area contributed by atoms with Crippen molar-refractivity contribution in [2.75, 3.05) is 0 Å². The summed E-state index contributed by atoms with van der Waals surface area (Å²) in [5.41, 5.74) is 19.7. The maximum Gasteiger partial charge on any atom is 0.0408 e. The molecule has 0 aliphatic rings. The molecule has 0 saturated heterocycles. The van der Waals surface area contributed by atoms with Crippen molar-refractivity contribution in [2.45, 2.75) is 43.7 Å². The van der Waals surface area contributed by atoms with E-state index < -0.39 is 0 Å². The minimum atomic E-state index is -0.167. The lowest BCUT2D eigenvalue weighted by Crippen LogP contribution is -2.26. The molecule has 174 valence electrons. The van der Waals surface area contributed by atoms with Crippen LogP contribution in [0.25, 0.3) is 0 Å². The van der Waals surface area contributed by atoms with Crippen LogP contribution in [0.15, 0.2) is 109 Å². The predicted octanol–water partition coefficient (Wildman–Crippen LogP) is 7.70. The second-order valence-electron chi connectivity index (χ2n) is 9.13. The van der Waals surface area contributed by atoms with Gasteiger partial charge in [-0.25, -0.2) is 0 Å². The van der Waals surface area contributed by atoms with Gasteiger partial charge in [0.05, 0.1) is 0 Å². The van der Waals surface area contributed by atoms with Gasteiger partial charge in [0, 0.05) is 23.0 Å². The standard InChI is InChI=1S/C31H33ClN2/c1-22-10-8-16-26(20-22)30(31(34)24-13-6-3-7-14-24)28(25-15-9-17-27(32)21-25)18-19-29(33)23-11-4-2-5-12-23/h2-17,20-21,28-31H,18-19,33-34H2,1H3. The molecule has 0 aromatic heterocycles. The van der Waals surface area contributed by atoms with Crippen LogP contribution in [0, 0.1) is 6.92 Å². The number of hydrogen-bond acceptors (Lipinski definition) is 2. The Labute approximate surface area is 208 Å². The molecule has 0 spiro atoms. The monoisotopic (exact) mass is 468 g/mol. The summed E-state index contributed by atoms with van der Waals surface area (Å²) in [5.74, 6) is 0.231. The van der Waals surface area contributed by atoms with Crippen LogP contribution in [-0.4, -0.2) is 0 Å². The summed E-state index contributed by atoms with van der Waals surface area (Å²) in [6.07, 6.45) is 1.75. The third-order valence-electron chi connectivity index (χ3n) is 6.73. The molecule has 4 aromatic rings. The zero-order valence-corrected chi connectivity index (χ0v) is 20.4. The number of benzene rings is 4. The first-order valence-corrected chi connectivity index (χ1v) is 12.3. The number of aryl methyl sites for hydroxylation is 1. The summed E-state index contributed by atoms with van der Waals surface area (Å²) in [4.78, 5) is 0. The Hall–Kier alpha value is -2.91. The molecule has 0 radical (unpaired) electrons. The third-order valence-corrected chi connectivity index (χ3v) is 6.96. The number of rotatable bonds is 9. The van der Waals surface area contributed by atoms with E-state index in [0.717, 1.165) is 29.0 Å². The first-order chi connectivity index (χ1) is 16.5. The lowest BCUT2D eigenvalue weighted by atomic mass is 9.72. The van der Waals surface area contributed by atoms with E-state index in [1.807, 2.05) is 36.4 Å². The molecule has 0 aliphatic heterocycles. The highest BCUT2D eigenvalue weighted by molar-refractivity contribution is 6.30. The quantitative estimate of drug-likeness (QED) is 0.264. The summed E-state index contributed by atoms with van der Waals surface area (Å²) in [5, 5.41) is 0.742. The highest BCUT2D eigenvalue weighted by Gasteiger charge is 2.31. The van der Waals surface area contributed by atoms with Crippen LogP contribution >= 0.6 is 11.6 Å². The first kappa shape index (κ1) is 24.2. The summed E-state index contributed by atoms with van der Waals surface area (Å²) in [6, 6.07) is 37.5. The van der Waals surface area contributed by atoms with E-state index in [2.05, 4.69) is 79.7 Å². The Morgan fingerprint density at radius 3 is 1.85 bits per heavy atom. The Balaban J connectivity index is 1.75. The van der Waals surface area contributed by atoms with Crippen molar-refractivity contribution < 1.29 is 0 Å². The van der Waals surface area contributed by atoms with Gasteiger partial charge in [0.1, 0.15) is 0 Å². The molecular weight excluding hydrogens is 436 g/mol. The number of hydrogen-bond donors (Lipinski definition) is 2. The van der Waals surface area contributed by atoms with E-state index >= 15 is 0 Å². The summed E-state index contributed by atoms with van der Waals surface area (Å²) in [7, 11) is 0. The van der Waals surface area contributed by atoms with Crippen LogP contribution in [0.1, 0.15) is 64.6 Å². The van der Waals surface area contributed by atoms with Gasteiger partial charge in [-0.1, -0.05) is 114 Å². The molecule has 0 fully saturated rings. The molecule has 2 nitrogen and oxygen atoms in total. The first-order valence-electron chi connectivity index (χ1n) is 12.0. The average molecular weight is 469 g/mol. The van der Waals surface area contributed by atoms with Crippen LogP contribution in [0.4, 0.5) is 0 Å². The number of nitrogens with two attached hydrogens (primary N) is 2. The second kappa shape index (κ2) is 11.5. The van der Waals surface area contributed by atoms with Crippen LogP contribution in [0.2, 0.25) is 5.02 Å². The van der Waals surface area contributed by atoms with E-state index in [1.165, 1.54) is 16.7 Å². The zero-order valence-electron chi connectivity index (χ0n) is 19.6. The maximum atomic E-state index is 7.05. The largest absolute Gasteiger partial charge is 0.324 e. The fourth-order valence-electron chi connectivity index (χ4n) is 4.97. The van der Waals surface area contributed by atoms with Crippen molar-refractivity contribution in [3.8, 4) is 0 Å².